The number of allylic oxidation sites excluding steroid dienone is 4. The van der Waals surface area contributed by atoms with Crippen LogP contribution in [0.4, 0.5) is 0 Å². The highest BCUT2D eigenvalue weighted by Gasteiger charge is 2.27. The molecule has 0 amide bonds. The van der Waals surface area contributed by atoms with E-state index in [2.05, 4.69) is 38.2 Å². The minimum Gasteiger partial charge on any atom is -0.480 e. The fourth-order valence-corrected chi connectivity index (χ4v) is 8.06. The number of unbranched alkanes of at least 4 members (excludes halogenated alkanes) is 31. The standard InChI is InChI=1S/C50H96NO9P/c1-3-5-7-9-11-13-15-17-19-20-21-22-23-24-25-26-27-29-31-33-35-37-39-41-43-57-44-47(45-58-61(55,56)59-46-48(51)50(53)54)60-49(52)42-40-38-36-34-32-30-28-18-16-14-12-10-8-6-4-2/h15,17,20-21,47-48H,3-14,16,18-19,22-46,51H2,1-2H3,(H,53,54)(H,55,56)/b17-15-,21-20-. The lowest BCUT2D eigenvalue weighted by Gasteiger charge is -2.20. The molecule has 0 aromatic rings. The van der Waals surface area contributed by atoms with Crippen LogP contribution in [0.5, 0.6) is 0 Å². The predicted molar refractivity (Wildman–Crippen MR) is 254 cm³/mol. The third kappa shape index (κ3) is 46.3. The fourth-order valence-electron chi connectivity index (χ4n) is 7.28. The lowest BCUT2D eigenvalue weighted by Crippen LogP contribution is -2.34. The van der Waals surface area contributed by atoms with Crippen molar-refractivity contribution in [1.82, 2.24) is 0 Å². The zero-order valence-corrected chi connectivity index (χ0v) is 40.4. The van der Waals surface area contributed by atoms with Crippen LogP contribution in [0.2, 0.25) is 0 Å². The Morgan fingerprint density at radius 3 is 1.33 bits per heavy atom. The first kappa shape index (κ1) is 59.5. The summed E-state index contributed by atoms with van der Waals surface area (Å²) in [6.07, 6.45) is 52.3. The Morgan fingerprint density at radius 1 is 0.525 bits per heavy atom. The van der Waals surface area contributed by atoms with Gasteiger partial charge in [0, 0.05) is 13.0 Å². The highest BCUT2D eigenvalue weighted by Crippen LogP contribution is 2.43. The largest absolute Gasteiger partial charge is 0.480 e. The minimum atomic E-state index is -4.62. The maximum atomic E-state index is 12.7. The van der Waals surface area contributed by atoms with Gasteiger partial charge in [0.25, 0.3) is 0 Å². The van der Waals surface area contributed by atoms with E-state index in [0.29, 0.717) is 6.61 Å². The number of hydrogen-bond acceptors (Lipinski definition) is 8. The molecule has 0 spiro atoms. The van der Waals surface area contributed by atoms with Gasteiger partial charge in [-0.2, -0.15) is 0 Å². The van der Waals surface area contributed by atoms with E-state index in [0.717, 1.165) is 44.9 Å². The van der Waals surface area contributed by atoms with Gasteiger partial charge in [-0.1, -0.05) is 218 Å². The number of phosphoric acid groups is 1. The van der Waals surface area contributed by atoms with Crippen LogP contribution in [0.25, 0.3) is 0 Å². The van der Waals surface area contributed by atoms with Gasteiger partial charge in [-0.3, -0.25) is 18.6 Å². The first-order valence-corrected chi connectivity index (χ1v) is 26.9. The van der Waals surface area contributed by atoms with Crippen LogP contribution in [0.15, 0.2) is 24.3 Å². The third-order valence-electron chi connectivity index (χ3n) is 11.2. The number of phosphoric ester groups is 1. The number of carboxylic acids is 1. The topological polar surface area (TPSA) is 155 Å². The number of ether oxygens (including phenoxy) is 2. The van der Waals surface area contributed by atoms with Crippen LogP contribution in [0.1, 0.15) is 245 Å². The molecule has 0 saturated carbocycles. The molecule has 0 aromatic heterocycles. The number of carbonyl (C=O) groups is 2. The van der Waals surface area contributed by atoms with Crippen molar-refractivity contribution < 1.29 is 42.7 Å². The van der Waals surface area contributed by atoms with E-state index in [1.54, 1.807) is 0 Å². The Kier molecular flexibility index (Phi) is 45.3. The molecule has 0 aliphatic carbocycles. The summed E-state index contributed by atoms with van der Waals surface area (Å²) in [7, 11) is -4.62. The maximum Gasteiger partial charge on any atom is 0.472 e. The Hall–Kier alpha value is -1.55. The zero-order valence-electron chi connectivity index (χ0n) is 39.5. The first-order valence-electron chi connectivity index (χ1n) is 25.4. The molecular formula is C50H96NO9P. The lowest BCUT2D eigenvalue weighted by atomic mass is 10.0. The van der Waals surface area contributed by atoms with Gasteiger partial charge in [0.2, 0.25) is 0 Å². The summed E-state index contributed by atoms with van der Waals surface area (Å²) >= 11 is 0. The molecule has 3 unspecified atom stereocenters. The second-order valence-corrected chi connectivity index (χ2v) is 18.8. The summed E-state index contributed by atoms with van der Waals surface area (Å²) in [4.78, 5) is 33.6. The van der Waals surface area contributed by atoms with Crippen LogP contribution in [-0.4, -0.2) is 60.5 Å². The van der Waals surface area contributed by atoms with Crippen LogP contribution in [0.3, 0.4) is 0 Å². The molecule has 4 N–H and O–H groups in total. The molecule has 360 valence electrons. The van der Waals surface area contributed by atoms with Gasteiger partial charge >= 0.3 is 19.8 Å². The summed E-state index contributed by atoms with van der Waals surface area (Å²) in [5.41, 5.74) is 5.37. The van der Waals surface area contributed by atoms with E-state index in [4.69, 9.17) is 29.4 Å². The van der Waals surface area contributed by atoms with E-state index >= 15 is 0 Å². The minimum absolute atomic E-state index is 0.0207. The van der Waals surface area contributed by atoms with E-state index in [1.165, 1.54) is 180 Å². The lowest BCUT2D eigenvalue weighted by molar-refractivity contribution is -0.154. The SMILES string of the molecule is CCCCCCC/C=C\C/C=C\CCCCCCCCCCCCCCOCC(COP(=O)(O)OCC(N)C(=O)O)OC(=O)CCCCCCCCCCCCCCCCC. The van der Waals surface area contributed by atoms with Crippen molar-refractivity contribution in [3.05, 3.63) is 24.3 Å². The zero-order chi connectivity index (χ0) is 44.8. The molecule has 0 fully saturated rings. The number of esters is 1. The maximum absolute atomic E-state index is 12.7. The normalized spacial score (nSPS) is 13.9. The van der Waals surface area contributed by atoms with Gasteiger partial charge in [-0.05, 0) is 44.9 Å². The van der Waals surface area contributed by atoms with Crippen molar-refractivity contribution in [2.45, 2.75) is 257 Å². The molecule has 10 nitrogen and oxygen atoms in total. The highest BCUT2D eigenvalue weighted by atomic mass is 31.2. The number of aliphatic carboxylic acids is 1. The average Bonchev–Trinajstić information content (AvgIpc) is 3.24. The molecule has 11 heteroatoms. The second-order valence-electron chi connectivity index (χ2n) is 17.3. The third-order valence-corrected chi connectivity index (χ3v) is 12.2. The van der Waals surface area contributed by atoms with Crippen LogP contribution < -0.4 is 5.73 Å². The average molecular weight is 886 g/mol. The van der Waals surface area contributed by atoms with Crippen LogP contribution in [0, 0.1) is 0 Å². The monoisotopic (exact) mass is 886 g/mol. The molecule has 0 bridgehead atoms. The number of carbonyl (C=O) groups excluding carboxylic acids is 1. The van der Waals surface area contributed by atoms with E-state index < -0.39 is 45.1 Å². The van der Waals surface area contributed by atoms with Gasteiger partial charge in [0.15, 0.2) is 0 Å². The molecule has 0 heterocycles. The van der Waals surface area contributed by atoms with Gasteiger partial charge < -0.3 is 25.2 Å². The van der Waals surface area contributed by atoms with Crippen molar-refractivity contribution in [2.75, 3.05) is 26.4 Å². The second kappa shape index (κ2) is 46.4. The molecular weight excluding hydrogens is 790 g/mol. The van der Waals surface area contributed by atoms with Crippen molar-refractivity contribution in [1.29, 1.82) is 0 Å². The molecule has 0 saturated heterocycles. The molecule has 61 heavy (non-hydrogen) atoms. The Morgan fingerprint density at radius 2 is 0.902 bits per heavy atom. The first-order chi connectivity index (χ1) is 29.7. The summed E-state index contributed by atoms with van der Waals surface area (Å²) in [6, 6.07) is -1.47. The van der Waals surface area contributed by atoms with Crippen LogP contribution >= 0.6 is 7.82 Å². The Labute approximate surface area is 374 Å². The van der Waals surface area contributed by atoms with E-state index in [9.17, 15) is 19.0 Å². The Balaban J connectivity index is 4.08. The molecule has 0 radical (unpaired) electrons. The number of rotatable bonds is 49. The number of hydrogen-bond donors (Lipinski definition) is 3. The van der Waals surface area contributed by atoms with Gasteiger partial charge in [-0.25, -0.2) is 4.57 Å². The predicted octanol–water partition coefficient (Wildman–Crippen LogP) is 14.7. The van der Waals surface area contributed by atoms with Gasteiger partial charge in [0.05, 0.1) is 19.8 Å². The van der Waals surface area contributed by atoms with Crippen molar-refractivity contribution in [3.8, 4) is 0 Å². The number of nitrogens with two attached hydrogens (primary N) is 1. The van der Waals surface area contributed by atoms with Crippen LogP contribution in [-0.2, 0) is 32.7 Å². The summed E-state index contributed by atoms with van der Waals surface area (Å²) in [6.45, 7) is 3.91. The van der Waals surface area contributed by atoms with Crippen molar-refractivity contribution >= 4 is 19.8 Å². The quantitative estimate of drug-likeness (QED) is 0.0233. The number of carboxylic acid groups (broad SMARTS) is 1. The van der Waals surface area contributed by atoms with E-state index in [1.807, 2.05) is 0 Å². The summed E-state index contributed by atoms with van der Waals surface area (Å²) in [5.74, 6) is -1.77. The molecule has 0 aliphatic heterocycles. The highest BCUT2D eigenvalue weighted by molar-refractivity contribution is 7.47. The van der Waals surface area contributed by atoms with E-state index in [-0.39, 0.29) is 13.0 Å². The Bertz CT molecular complexity index is 1070. The molecule has 0 aliphatic rings. The molecule has 3 atom stereocenters. The fraction of sp³-hybridized carbons (Fsp3) is 0.880. The smallest absolute Gasteiger partial charge is 0.472 e. The summed E-state index contributed by atoms with van der Waals surface area (Å²) < 4.78 is 33.5. The molecule has 0 aromatic carbocycles. The van der Waals surface area contributed by atoms with Gasteiger partial charge in [0.1, 0.15) is 12.1 Å². The van der Waals surface area contributed by atoms with Crippen molar-refractivity contribution in [2.24, 2.45) is 5.73 Å². The van der Waals surface area contributed by atoms with Crippen molar-refractivity contribution in [3.63, 3.8) is 0 Å². The van der Waals surface area contributed by atoms with Gasteiger partial charge in [-0.15, -0.1) is 0 Å². The summed E-state index contributed by atoms with van der Waals surface area (Å²) in [5, 5.41) is 8.92. The molecule has 0 rings (SSSR count).